The monoisotopic (exact) mass is 315 g/mol. The first-order valence-electron chi connectivity index (χ1n) is 7.79. The van der Waals surface area contributed by atoms with Crippen LogP contribution in [0.1, 0.15) is 42.5 Å². The van der Waals surface area contributed by atoms with Crippen molar-refractivity contribution in [2.45, 2.75) is 40.2 Å². The first kappa shape index (κ1) is 17.1. The summed E-state index contributed by atoms with van der Waals surface area (Å²) in [4.78, 5) is 16.8. The number of nitrogens with zero attached hydrogens (tertiary/aromatic N) is 3. The molecular weight excluding hydrogens is 290 g/mol. The Bertz CT molecular complexity index is 690. The lowest BCUT2D eigenvalue weighted by atomic mass is 9.88. The molecule has 23 heavy (non-hydrogen) atoms. The fourth-order valence-corrected chi connectivity index (χ4v) is 2.27. The van der Waals surface area contributed by atoms with E-state index in [2.05, 4.69) is 15.4 Å². The summed E-state index contributed by atoms with van der Waals surface area (Å²) in [7, 11) is 0. The van der Waals surface area contributed by atoms with Crippen molar-refractivity contribution < 1.29 is 4.79 Å². The topological polar surface area (TPSA) is 85.8 Å². The molecule has 1 atom stereocenters. The molecule has 2 heterocycles. The Morgan fingerprint density at radius 1 is 1.39 bits per heavy atom. The van der Waals surface area contributed by atoms with Gasteiger partial charge in [0, 0.05) is 18.4 Å². The third-order valence-electron chi connectivity index (χ3n) is 4.33. The molecule has 2 aromatic heterocycles. The molecule has 0 fully saturated rings. The number of carbonyl (C=O) groups excluding carboxylic acids is 1. The lowest BCUT2D eigenvalue weighted by Crippen LogP contribution is -2.55. The van der Waals surface area contributed by atoms with Crippen molar-refractivity contribution in [1.82, 2.24) is 20.1 Å². The third-order valence-corrected chi connectivity index (χ3v) is 4.33. The molecule has 0 spiro atoms. The highest BCUT2D eigenvalue weighted by Gasteiger charge is 2.29. The van der Waals surface area contributed by atoms with Gasteiger partial charge in [-0.1, -0.05) is 13.8 Å². The van der Waals surface area contributed by atoms with E-state index in [4.69, 9.17) is 5.73 Å². The zero-order valence-electron chi connectivity index (χ0n) is 14.4. The summed E-state index contributed by atoms with van der Waals surface area (Å²) >= 11 is 0. The maximum Gasteiger partial charge on any atom is 0.253 e. The minimum Gasteiger partial charge on any atom is -0.345 e. The van der Waals surface area contributed by atoms with Gasteiger partial charge in [-0.25, -0.2) is 9.67 Å². The van der Waals surface area contributed by atoms with E-state index in [-0.39, 0.29) is 11.8 Å². The maximum absolute atomic E-state index is 12.4. The minimum atomic E-state index is -0.439. The molecule has 1 unspecified atom stereocenters. The highest BCUT2D eigenvalue weighted by Crippen LogP contribution is 2.16. The molecule has 124 valence electrons. The summed E-state index contributed by atoms with van der Waals surface area (Å²) in [5.41, 5.74) is 7.82. The van der Waals surface area contributed by atoms with E-state index in [1.54, 1.807) is 23.0 Å². The van der Waals surface area contributed by atoms with Crippen LogP contribution in [0, 0.1) is 19.8 Å². The maximum atomic E-state index is 12.4. The summed E-state index contributed by atoms with van der Waals surface area (Å²) in [6.07, 6.45) is 1.57. The van der Waals surface area contributed by atoms with Crippen LogP contribution in [-0.2, 0) is 0 Å². The van der Waals surface area contributed by atoms with Crippen molar-refractivity contribution in [3.05, 3.63) is 41.3 Å². The van der Waals surface area contributed by atoms with Gasteiger partial charge in [0.15, 0.2) is 5.82 Å². The number of rotatable bonds is 5. The van der Waals surface area contributed by atoms with Gasteiger partial charge in [0.25, 0.3) is 5.91 Å². The smallest absolute Gasteiger partial charge is 0.253 e. The Hall–Kier alpha value is -2.21. The lowest BCUT2D eigenvalue weighted by molar-refractivity contribution is 0.0883. The number of carbonyl (C=O) groups is 1. The number of nitrogens with two attached hydrogens (primary N) is 1. The van der Waals surface area contributed by atoms with Gasteiger partial charge < -0.3 is 11.1 Å². The van der Waals surface area contributed by atoms with Crippen LogP contribution in [-0.4, -0.2) is 32.8 Å². The van der Waals surface area contributed by atoms with Crippen LogP contribution in [0.15, 0.2) is 24.4 Å². The van der Waals surface area contributed by atoms with E-state index in [1.807, 2.05) is 40.7 Å². The van der Waals surface area contributed by atoms with E-state index in [0.717, 1.165) is 11.4 Å². The van der Waals surface area contributed by atoms with E-state index < -0.39 is 5.54 Å². The molecule has 0 radical (unpaired) electrons. The molecule has 0 bridgehead atoms. The number of amides is 1. The molecule has 0 saturated heterocycles. The van der Waals surface area contributed by atoms with Crippen molar-refractivity contribution >= 4 is 5.91 Å². The molecule has 2 aromatic rings. The Balaban J connectivity index is 2.19. The van der Waals surface area contributed by atoms with Gasteiger partial charge in [-0.3, -0.25) is 4.79 Å². The molecule has 2 rings (SSSR count). The Morgan fingerprint density at radius 2 is 2.09 bits per heavy atom. The van der Waals surface area contributed by atoms with Crippen molar-refractivity contribution in [1.29, 1.82) is 0 Å². The minimum absolute atomic E-state index is 0.168. The van der Waals surface area contributed by atoms with E-state index in [1.165, 1.54) is 0 Å². The molecule has 0 saturated carbocycles. The molecule has 0 aliphatic rings. The van der Waals surface area contributed by atoms with E-state index in [0.29, 0.717) is 17.9 Å². The van der Waals surface area contributed by atoms with Gasteiger partial charge in [-0.15, -0.1) is 0 Å². The Labute approximate surface area is 137 Å². The van der Waals surface area contributed by atoms with Gasteiger partial charge in [0.05, 0.1) is 16.8 Å². The molecular formula is C17H25N5O. The number of aromatic nitrogens is 3. The summed E-state index contributed by atoms with van der Waals surface area (Å²) in [6.45, 7) is 10.3. The molecule has 6 heteroatoms. The quantitative estimate of drug-likeness (QED) is 0.883. The zero-order chi connectivity index (χ0) is 17.2. The van der Waals surface area contributed by atoms with Gasteiger partial charge in [0.1, 0.15) is 0 Å². The van der Waals surface area contributed by atoms with Gasteiger partial charge in [-0.05, 0) is 44.9 Å². The SMILES string of the molecule is Cc1cc(C)n(-c2ccc(C(=O)NC(C)(CN)C(C)C)cn2)n1. The zero-order valence-corrected chi connectivity index (χ0v) is 14.4. The molecule has 6 nitrogen and oxygen atoms in total. The van der Waals surface area contributed by atoms with Crippen LogP contribution in [0.4, 0.5) is 0 Å². The number of aryl methyl sites for hydroxylation is 2. The standard InChI is InChI=1S/C17H25N5O/c1-11(2)17(5,10-18)20-16(23)14-6-7-15(19-9-14)22-13(4)8-12(3)21-22/h6-9,11H,10,18H2,1-5H3,(H,20,23). The average molecular weight is 315 g/mol. The number of pyridine rings is 1. The number of hydrogen-bond acceptors (Lipinski definition) is 4. The molecule has 0 aliphatic heterocycles. The predicted molar refractivity (Wildman–Crippen MR) is 90.6 cm³/mol. The van der Waals surface area contributed by atoms with Crippen molar-refractivity contribution in [3.8, 4) is 5.82 Å². The summed E-state index contributed by atoms with van der Waals surface area (Å²) < 4.78 is 1.76. The largest absolute Gasteiger partial charge is 0.345 e. The molecule has 3 N–H and O–H groups in total. The first-order valence-corrected chi connectivity index (χ1v) is 7.79. The van der Waals surface area contributed by atoms with E-state index >= 15 is 0 Å². The molecule has 0 aliphatic carbocycles. The highest BCUT2D eigenvalue weighted by molar-refractivity contribution is 5.94. The van der Waals surface area contributed by atoms with Gasteiger partial charge in [-0.2, -0.15) is 5.10 Å². The summed E-state index contributed by atoms with van der Waals surface area (Å²) in [6, 6.07) is 5.53. The molecule has 1 amide bonds. The average Bonchev–Trinajstić information content (AvgIpc) is 2.85. The van der Waals surface area contributed by atoms with Crippen LogP contribution in [0.2, 0.25) is 0 Å². The van der Waals surface area contributed by atoms with Gasteiger partial charge >= 0.3 is 0 Å². The predicted octanol–water partition coefficient (Wildman–Crippen LogP) is 1.99. The number of nitrogens with one attached hydrogen (secondary N) is 1. The first-order chi connectivity index (χ1) is 10.8. The van der Waals surface area contributed by atoms with Crippen LogP contribution in [0.3, 0.4) is 0 Å². The third kappa shape index (κ3) is 3.59. The van der Waals surface area contributed by atoms with Crippen LogP contribution < -0.4 is 11.1 Å². The Morgan fingerprint density at radius 3 is 2.52 bits per heavy atom. The van der Waals surface area contributed by atoms with Crippen LogP contribution in [0.25, 0.3) is 5.82 Å². The van der Waals surface area contributed by atoms with Gasteiger partial charge in [0.2, 0.25) is 0 Å². The van der Waals surface area contributed by atoms with Crippen LogP contribution >= 0.6 is 0 Å². The van der Waals surface area contributed by atoms with Crippen molar-refractivity contribution in [2.75, 3.05) is 6.54 Å². The highest BCUT2D eigenvalue weighted by atomic mass is 16.1. The number of hydrogen-bond donors (Lipinski definition) is 2. The fraction of sp³-hybridized carbons (Fsp3) is 0.471. The van der Waals surface area contributed by atoms with Crippen molar-refractivity contribution in [3.63, 3.8) is 0 Å². The summed E-state index contributed by atoms with van der Waals surface area (Å²) in [5.74, 6) is 0.759. The fourth-order valence-electron chi connectivity index (χ4n) is 2.27. The van der Waals surface area contributed by atoms with Crippen molar-refractivity contribution in [2.24, 2.45) is 11.7 Å². The van der Waals surface area contributed by atoms with Crippen LogP contribution in [0.5, 0.6) is 0 Å². The Kier molecular flexibility index (Phi) is 4.85. The molecule has 0 aromatic carbocycles. The normalized spacial score (nSPS) is 13.9. The second-order valence-corrected chi connectivity index (χ2v) is 6.47. The van der Waals surface area contributed by atoms with E-state index in [9.17, 15) is 4.79 Å². The lowest BCUT2D eigenvalue weighted by Gasteiger charge is -2.33. The summed E-state index contributed by atoms with van der Waals surface area (Å²) in [5, 5.41) is 7.40. The second kappa shape index (κ2) is 6.50. The second-order valence-electron chi connectivity index (χ2n) is 6.47.